The summed E-state index contributed by atoms with van der Waals surface area (Å²) in [4.78, 5) is 4.65. The monoisotopic (exact) mass is 177 g/mol. The molecular weight excluding hydrogens is 162 g/mol. The zero-order chi connectivity index (χ0) is 8.10. The predicted octanol–water partition coefficient (Wildman–Crippen LogP) is 0.599. The summed E-state index contributed by atoms with van der Waals surface area (Å²) in [5.41, 5.74) is 2.56. The minimum atomic E-state index is -0.485. The number of aliphatic hydroxyl groups is 1. The summed E-state index contributed by atoms with van der Waals surface area (Å²) in [6.45, 7) is 0. The van der Waals surface area contributed by atoms with Crippen molar-refractivity contribution in [2.45, 2.75) is 19.1 Å². The number of aliphatic hydroxyl groups excluding tert-OH is 1. The molecule has 3 nitrogen and oxygen atoms in total. The van der Waals surface area contributed by atoms with E-state index in [1.54, 1.807) is 0 Å². The van der Waals surface area contributed by atoms with Crippen molar-refractivity contribution in [1.82, 2.24) is 5.48 Å². The molecule has 0 saturated carbocycles. The molecule has 1 atom stereocenters. The van der Waals surface area contributed by atoms with Gasteiger partial charge in [-0.1, -0.05) is 0 Å². The quantitative estimate of drug-likeness (QED) is 0.489. The largest absolute Gasteiger partial charge is 0.376 e. The molecule has 1 fully saturated rings. The van der Waals surface area contributed by atoms with Crippen LogP contribution in [0.4, 0.5) is 0 Å². The van der Waals surface area contributed by atoms with Gasteiger partial charge in [-0.25, -0.2) is 0 Å². The molecule has 1 heterocycles. The third-order valence-corrected chi connectivity index (χ3v) is 3.00. The van der Waals surface area contributed by atoms with Crippen molar-refractivity contribution in [2.75, 3.05) is 18.6 Å². The fraction of sp³-hybridized carbons (Fsp3) is 1.00. The van der Waals surface area contributed by atoms with Crippen molar-refractivity contribution < 1.29 is 9.94 Å². The maximum atomic E-state index is 9.43. The highest BCUT2D eigenvalue weighted by atomic mass is 32.2. The smallest absolute Gasteiger partial charge is 0.129 e. The van der Waals surface area contributed by atoms with E-state index in [4.69, 9.17) is 0 Å². The van der Waals surface area contributed by atoms with E-state index in [0.717, 1.165) is 24.3 Å². The van der Waals surface area contributed by atoms with Gasteiger partial charge < -0.3 is 9.94 Å². The second-order valence-corrected chi connectivity index (χ2v) is 3.94. The van der Waals surface area contributed by atoms with Gasteiger partial charge in [-0.05, 0) is 24.3 Å². The predicted molar refractivity (Wildman–Crippen MR) is 46.2 cm³/mol. The van der Waals surface area contributed by atoms with Gasteiger partial charge in [-0.15, -0.1) is 0 Å². The SMILES string of the molecule is CONC(O)C1CCSCC1. The summed E-state index contributed by atoms with van der Waals surface area (Å²) in [6, 6.07) is 0. The maximum Gasteiger partial charge on any atom is 0.129 e. The highest BCUT2D eigenvalue weighted by Crippen LogP contribution is 2.24. The molecule has 0 aromatic heterocycles. The van der Waals surface area contributed by atoms with Gasteiger partial charge >= 0.3 is 0 Å². The summed E-state index contributed by atoms with van der Waals surface area (Å²) in [7, 11) is 1.53. The molecule has 1 rings (SSSR count). The van der Waals surface area contributed by atoms with Crippen molar-refractivity contribution in [3.63, 3.8) is 0 Å². The van der Waals surface area contributed by atoms with E-state index in [1.165, 1.54) is 7.11 Å². The van der Waals surface area contributed by atoms with E-state index in [0.29, 0.717) is 5.92 Å². The van der Waals surface area contributed by atoms with E-state index < -0.39 is 6.23 Å². The van der Waals surface area contributed by atoms with E-state index in [9.17, 15) is 5.11 Å². The van der Waals surface area contributed by atoms with Crippen LogP contribution in [0.1, 0.15) is 12.8 Å². The number of rotatable bonds is 3. The Morgan fingerprint density at radius 2 is 2.18 bits per heavy atom. The van der Waals surface area contributed by atoms with Crippen molar-refractivity contribution in [3.05, 3.63) is 0 Å². The Kier molecular flexibility index (Phi) is 4.22. The lowest BCUT2D eigenvalue weighted by molar-refractivity contribution is -0.0611. The summed E-state index contributed by atoms with van der Waals surface area (Å²) in [6.07, 6.45) is 1.69. The topological polar surface area (TPSA) is 41.5 Å². The second-order valence-electron chi connectivity index (χ2n) is 2.72. The Morgan fingerprint density at radius 1 is 1.55 bits per heavy atom. The van der Waals surface area contributed by atoms with E-state index >= 15 is 0 Å². The Balaban J connectivity index is 2.21. The lowest BCUT2D eigenvalue weighted by Crippen LogP contribution is -2.37. The fourth-order valence-corrected chi connectivity index (χ4v) is 2.39. The molecule has 0 amide bonds. The summed E-state index contributed by atoms with van der Waals surface area (Å²) >= 11 is 1.95. The van der Waals surface area contributed by atoms with E-state index in [2.05, 4.69) is 10.3 Å². The summed E-state index contributed by atoms with van der Waals surface area (Å²) < 4.78 is 0. The number of hydroxylamine groups is 1. The standard InChI is InChI=1S/C7H15NO2S/c1-10-8-7(9)6-2-4-11-5-3-6/h6-9H,2-5H2,1H3. The van der Waals surface area contributed by atoms with Gasteiger partial charge in [0.15, 0.2) is 0 Å². The lowest BCUT2D eigenvalue weighted by Gasteiger charge is -2.25. The Morgan fingerprint density at radius 3 is 2.73 bits per heavy atom. The van der Waals surface area contributed by atoms with Crippen LogP contribution in [0.15, 0.2) is 0 Å². The van der Waals surface area contributed by atoms with Gasteiger partial charge in [-0.3, -0.25) is 0 Å². The van der Waals surface area contributed by atoms with Crippen molar-refractivity contribution in [3.8, 4) is 0 Å². The second kappa shape index (κ2) is 4.98. The van der Waals surface area contributed by atoms with Crippen LogP contribution in [-0.4, -0.2) is 29.9 Å². The molecule has 0 aliphatic carbocycles. The molecule has 1 aliphatic heterocycles. The number of hydrogen-bond acceptors (Lipinski definition) is 4. The molecular formula is C7H15NO2S. The Bertz CT molecular complexity index is 107. The zero-order valence-electron chi connectivity index (χ0n) is 6.75. The molecule has 0 bridgehead atoms. The fourth-order valence-electron chi connectivity index (χ4n) is 1.25. The van der Waals surface area contributed by atoms with Crippen LogP contribution in [0, 0.1) is 5.92 Å². The first kappa shape index (κ1) is 9.32. The molecule has 66 valence electrons. The summed E-state index contributed by atoms with van der Waals surface area (Å²) in [5, 5.41) is 9.43. The van der Waals surface area contributed by atoms with Crippen LogP contribution in [0.2, 0.25) is 0 Å². The van der Waals surface area contributed by atoms with Gasteiger partial charge in [0.25, 0.3) is 0 Å². The van der Waals surface area contributed by atoms with Crippen molar-refractivity contribution in [1.29, 1.82) is 0 Å². The molecule has 1 aliphatic rings. The van der Waals surface area contributed by atoms with Crippen LogP contribution < -0.4 is 5.48 Å². The third kappa shape index (κ3) is 2.99. The van der Waals surface area contributed by atoms with Crippen molar-refractivity contribution in [2.24, 2.45) is 5.92 Å². The zero-order valence-corrected chi connectivity index (χ0v) is 7.56. The maximum absolute atomic E-state index is 9.43. The van der Waals surface area contributed by atoms with Crippen LogP contribution >= 0.6 is 11.8 Å². The van der Waals surface area contributed by atoms with Gasteiger partial charge in [-0.2, -0.15) is 17.2 Å². The average Bonchev–Trinajstić information content (AvgIpc) is 2.07. The molecule has 0 radical (unpaired) electrons. The molecule has 0 aromatic carbocycles. The van der Waals surface area contributed by atoms with Gasteiger partial charge in [0.1, 0.15) is 6.23 Å². The van der Waals surface area contributed by atoms with Crippen LogP contribution in [0.5, 0.6) is 0 Å². The van der Waals surface area contributed by atoms with Crippen LogP contribution in [-0.2, 0) is 4.84 Å². The summed E-state index contributed by atoms with van der Waals surface area (Å²) in [5.74, 6) is 2.69. The van der Waals surface area contributed by atoms with Crippen LogP contribution in [0.3, 0.4) is 0 Å². The highest BCUT2D eigenvalue weighted by molar-refractivity contribution is 7.99. The first-order valence-electron chi connectivity index (χ1n) is 3.89. The van der Waals surface area contributed by atoms with Gasteiger partial charge in [0.05, 0.1) is 7.11 Å². The van der Waals surface area contributed by atoms with Crippen molar-refractivity contribution >= 4 is 11.8 Å². The molecule has 0 aromatic rings. The molecule has 11 heavy (non-hydrogen) atoms. The first-order valence-corrected chi connectivity index (χ1v) is 5.04. The highest BCUT2D eigenvalue weighted by Gasteiger charge is 2.21. The first-order chi connectivity index (χ1) is 5.34. The molecule has 4 heteroatoms. The molecule has 1 unspecified atom stereocenters. The normalized spacial score (nSPS) is 23.5. The van der Waals surface area contributed by atoms with Gasteiger partial charge in [0.2, 0.25) is 0 Å². The number of nitrogens with one attached hydrogen (secondary N) is 1. The molecule has 0 spiro atoms. The lowest BCUT2D eigenvalue weighted by atomic mass is 10.0. The number of thioether (sulfide) groups is 1. The van der Waals surface area contributed by atoms with E-state index in [1.807, 2.05) is 11.8 Å². The average molecular weight is 177 g/mol. The Hall–Kier alpha value is 0.230. The van der Waals surface area contributed by atoms with Gasteiger partial charge in [0, 0.05) is 5.92 Å². The number of hydrogen-bond donors (Lipinski definition) is 2. The minimum Gasteiger partial charge on any atom is -0.376 e. The van der Waals surface area contributed by atoms with E-state index in [-0.39, 0.29) is 0 Å². The third-order valence-electron chi connectivity index (χ3n) is 1.95. The molecule has 1 saturated heterocycles. The van der Waals surface area contributed by atoms with Crippen LogP contribution in [0.25, 0.3) is 0 Å². The Labute approximate surface area is 71.5 Å². The molecule has 2 N–H and O–H groups in total. The minimum absolute atomic E-state index is 0.371.